The molecule has 0 aromatic heterocycles. The van der Waals surface area contributed by atoms with Crippen molar-refractivity contribution >= 4 is 11.8 Å². The van der Waals surface area contributed by atoms with Crippen LogP contribution in [0.4, 0.5) is 0 Å². The summed E-state index contributed by atoms with van der Waals surface area (Å²) in [5, 5.41) is 2.55. The largest absolute Gasteiger partial charge is 0.303 e. The van der Waals surface area contributed by atoms with Crippen LogP contribution in [0.15, 0.2) is 0 Å². The molecule has 2 amide bonds. The van der Waals surface area contributed by atoms with Crippen molar-refractivity contribution in [2.45, 2.75) is 39.0 Å². The maximum absolute atomic E-state index is 12.2. The molecule has 0 radical (unpaired) electrons. The summed E-state index contributed by atoms with van der Waals surface area (Å²) in [6.07, 6.45) is 4.71. The number of carbonyl (C=O) groups is 2. The number of fused-ring (bicyclic) bond motifs is 3. The topological polar surface area (TPSA) is 49.4 Å². The number of nitrogens with one attached hydrogen (secondary N) is 1. The summed E-state index contributed by atoms with van der Waals surface area (Å²) in [7, 11) is 0. The monoisotopic (exact) mass is 250 g/mol. The Bertz CT molecular complexity index is 382. The zero-order valence-electron chi connectivity index (χ0n) is 11.1. The molecular formula is C14H22N2O2. The molecule has 3 saturated heterocycles. The molecule has 4 atom stereocenters. The van der Waals surface area contributed by atoms with E-state index in [1.54, 1.807) is 0 Å². The number of piperidine rings is 2. The van der Waals surface area contributed by atoms with Crippen LogP contribution in [0.2, 0.25) is 0 Å². The summed E-state index contributed by atoms with van der Waals surface area (Å²) in [5.41, 5.74) is -0.0254. The highest BCUT2D eigenvalue weighted by molar-refractivity contribution is 5.99. The Morgan fingerprint density at radius 3 is 3.00 bits per heavy atom. The molecule has 0 aromatic carbocycles. The summed E-state index contributed by atoms with van der Waals surface area (Å²) < 4.78 is 0. The van der Waals surface area contributed by atoms with Crippen LogP contribution in [0, 0.1) is 17.3 Å². The molecule has 0 aliphatic carbocycles. The van der Waals surface area contributed by atoms with Crippen molar-refractivity contribution in [3.05, 3.63) is 0 Å². The van der Waals surface area contributed by atoms with Gasteiger partial charge in [0.2, 0.25) is 11.8 Å². The first kappa shape index (κ1) is 12.2. The molecule has 3 heterocycles. The van der Waals surface area contributed by atoms with Gasteiger partial charge in [0.25, 0.3) is 0 Å². The van der Waals surface area contributed by atoms with E-state index in [-0.39, 0.29) is 23.1 Å². The zero-order chi connectivity index (χ0) is 12.8. The Morgan fingerprint density at radius 2 is 2.22 bits per heavy atom. The first-order valence-corrected chi connectivity index (χ1v) is 7.22. The van der Waals surface area contributed by atoms with Crippen LogP contribution in [0.25, 0.3) is 0 Å². The third-order valence-corrected chi connectivity index (χ3v) is 5.32. The first-order chi connectivity index (χ1) is 8.65. The van der Waals surface area contributed by atoms with Gasteiger partial charge in [-0.25, -0.2) is 0 Å². The highest BCUT2D eigenvalue weighted by atomic mass is 16.2. The summed E-state index contributed by atoms with van der Waals surface area (Å²) in [4.78, 5) is 26.5. The van der Waals surface area contributed by atoms with E-state index < -0.39 is 0 Å². The molecule has 1 spiro atoms. The molecule has 4 heteroatoms. The van der Waals surface area contributed by atoms with Crippen molar-refractivity contribution in [3.8, 4) is 0 Å². The Hall–Kier alpha value is -0.900. The summed E-state index contributed by atoms with van der Waals surface area (Å²) in [6, 6.07) is 0. The summed E-state index contributed by atoms with van der Waals surface area (Å²) >= 11 is 0. The van der Waals surface area contributed by atoms with Crippen LogP contribution in [0.5, 0.6) is 0 Å². The molecule has 2 bridgehead atoms. The molecule has 1 N–H and O–H groups in total. The lowest BCUT2D eigenvalue weighted by molar-refractivity contribution is -0.149. The predicted molar refractivity (Wildman–Crippen MR) is 67.8 cm³/mol. The van der Waals surface area contributed by atoms with E-state index in [0.29, 0.717) is 12.3 Å². The third-order valence-electron chi connectivity index (χ3n) is 5.32. The van der Waals surface area contributed by atoms with Gasteiger partial charge in [-0.3, -0.25) is 14.9 Å². The van der Waals surface area contributed by atoms with E-state index in [1.807, 2.05) is 0 Å². The normalized spacial score (nSPS) is 43.3. The van der Waals surface area contributed by atoms with E-state index in [9.17, 15) is 9.59 Å². The van der Waals surface area contributed by atoms with E-state index >= 15 is 0 Å². The van der Waals surface area contributed by atoms with Crippen molar-refractivity contribution in [2.75, 3.05) is 19.6 Å². The van der Waals surface area contributed by atoms with Crippen molar-refractivity contribution in [3.63, 3.8) is 0 Å². The minimum Gasteiger partial charge on any atom is -0.303 e. The molecule has 18 heavy (non-hydrogen) atoms. The Kier molecular flexibility index (Phi) is 2.93. The smallest absolute Gasteiger partial charge is 0.230 e. The van der Waals surface area contributed by atoms with Gasteiger partial charge in [0.15, 0.2) is 0 Å². The van der Waals surface area contributed by atoms with E-state index in [1.165, 1.54) is 6.42 Å². The second-order valence-electron chi connectivity index (χ2n) is 6.20. The molecule has 4 unspecified atom stereocenters. The molecule has 0 saturated carbocycles. The van der Waals surface area contributed by atoms with Crippen LogP contribution >= 0.6 is 0 Å². The Morgan fingerprint density at radius 1 is 1.39 bits per heavy atom. The van der Waals surface area contributed by atoms with Crippen LogP contribution in [0.1, 0.15) is 39.0 Å². The second kappa shape index (κ2) is 4.34. The Labute approximate surface area is 108 Å². The lowest BCUT2D eigenvalue weighted by Crippen LogP contribution is -2.57. The number of hydrogen-bond donors (Lipinski definition) is 1. The second-order valence-corrected chi connectivity index (χ2v) is 6.20. The van der Waals surface area contributed by atoms with E-state index in [2.05, 4.69) is 17.1 Å². The van der Waals surface area contributed by atoms with Gasteiger partial charge in [0, 0.05) is 18.9 Å². The predicted octanol–water partition coefficient (Wildman–Crippen LogP) is 1.16. The molecule has 100 valence electrons. The lowest BCUT2D eigenvalue weighted by atomic mass is 9.58. The number of amides is 2. The molecule has 3 aliphatic heterocycles. The molecule has 3 aliphatic rings. The van der Waals surface area contributed by atoms with Crippen LogP contribution in [0.3, 0.4) is 0 Å². The molecule has 3 rings (SSSR count). The number of carbonyl (C=O) groups excluding carboxylic acids is 2. The van der Waals surface area contributed by atoms with Crippen LogP contribution in [-0.4, -0.2) is 36.3 Å². The number of nitrogens with zero attached hydrogens (tertiary/aromatic N) is 1. The quantitative estimate of drug-likeness (QED) is 0.748. The van der Waals surface area contributed by atoms with Gasteiger partial charge < -0.3 is 4.90 Å². The number of hydrogen-bond acceptors (Lipinski definition) is 3. The standard InChI is InChI=1S/C14H22N2O2/c1-2-3-11-13(18)15-12(17)8-14(11)5-7-16-6-4-10(14)9-16/h10-11H,2-9H2,1H3,(H,15,17,18). The number of rotatable bonds is 2. The van der Waals surface area contributed by atoms with Crippen LogP contribution < -0.4 is 5.32 Å². The van der Waals surface area contributed by atoms with Gasteiger partial charge in [-0.2, -0.15) is 0 Å². The SMILES string of the molecule is CCCC1C(=O)NC(=O)CC12CCN1CCC2C1. The fourth-order valence-electron chi connectivity index (χ4n) is 4.43. The maximum Gasteiger partial charge on any atom is 0.230 e. The maximum atomic E-state index is 12.2. The van der Waals surface area contributed by atoms with Crippen molar-refractivity contribution in [2.24, 2.45) is 17.3 Å². The molecule has 3 fully saturated rings. The van der Waals surface area contributed by atoms with Gasteiger partial charge in [0.05, 0.1) is 0 Å². The molecule has 0 aromatic rings. The minimum atomic E-state index is -0.0484. The van der Waals surface area contributed by atoms with E-state index in [0.717, 1.165) is 38.9 Å². The van der Waals surface area contributed by atoms with E-state index in [4.69, 9.17) is 0 Å². The molecule has 4 nitrogen and oxygen atoms in total. The highest BCUT2D eigenvalue weighted by Crippen LogP contribution is 2.52. The summed E-state index contributed by atoms with van der Waals surface area (Å²) in [6.45, 7) is 5.44. The summed E-state index contributed by atoms with van der Waals surface area (Å²) in [5.74, 6) is 0.560. The van der Waals surface area contributed by atoms with Crippen molar-refractivity contribution in [1.82, 2.24) is 10.2 Å². The van der Waals surface area contributed by atoms with Crippen molar-refractivity contribution in [1.29, 1.82) is 0 Å². The highest BCUT2D eigenvalue weighted by Gasteiger charge is 2.55. The van der Waals surface area contributed by atoms with Gasteiger partial charge in [-0.1, -0.05) is 13.3 Å². The number of imide groups is 1. The minimum absolute atomic E-state index is 0.00606. The average molecular weight is 250 g/mol. The first-order valence-electron chi connectivity index (χ1n) is 7.22. The fourth-order valence-corrected chi connectivity index (χ4v) is 4.43. The average Bonchev–Trinajstić information content (AvgIpc) is 2.74. The van der Waals surface area contributed by atoms with Gasteiger partial charge >= 0.3 is 0 Å². The lowest BCUT2D eigenvalue weighted by Gasteiger charge is -2.49. The third kappa shape index (κ3) is 1.69. The fraction of sp³-hybridized carbons (Fsp3) is 0.857. The van der Waals surface area contributed by atoms with Crippen molar-refractivity contribution < 1.29 is 9.59 Å². The van der Waals surface area contributed by atoms with Gasteiger partial charge in [-0.15, -0.1) is 0 Å². The molecular weight excluding hydrogens is 228 g/mol. The zero-order valence-corrected chi connectivity index (χ0v) is 11.1. The van der Waals surface area contributed by atoms with Crippen LogP contribution in [-0.2, 0) is 9.59 Å². The van der Waals surface area contributed by atoms with Gasteiger partial charge in [0.1, 0.15) is 0 Å². The van der Waals surface area contributed by atoms with Gasteiger partial charge in [-0.05, 0) is 43.7 Å². The Balaban J connectivity index is 1.93.